The third kappa shape index (κ3) is 4.11. The number of likely N-dealkylation sites (N-methyl/N-ethyl adjacent to an activating group) is 1. The number of halogens is 1. The Balaban J connectivity index is 1.95. The quantitative estimate of drug-likeness (QED) is 0.608. The van der Waals surface area contributed by atoms with Crippen LogP contribution >= 0.6 is 22.9 Å². The minimum Gasteiger partial charge on any atom is -0.461 e. The number of alkyl halides is 1. The number of thiophene rings is 1. The molecule has 0 saturated heterocycles. The van der Waals surface area contributed by atoms with Gasteiger partial charge in [0.1, 0.15) is 0 Å². The summed E-state index contributed by atoms with van der Waals surface area (Å²) in [7, 11) is 0. The molecular weight excluding hydrogens is 358 g/mol. The number of furan rings is 1. The lowest BCUT2D eigenvalue weighted by Gasteiger charge is -2.11. The van der Waals surface area contributed by atoms with E-state index in [9.17, 15) is 9.59 Å². The fourth-order valence-electron chi connectivity index (χ4n) is 2.64. The van der Waals surface area contributed by atoms with Crippen molar-refractivity contribution in [2.75, 3.05) is 6.54 Å². The first-order valence-electron chi connectivity index (χ1n) is 8.09. The van der Waals surface area contributed by atoms with E-state index in [1.165, 1.54) is 17.6 Å². The van der Waals surface area contributed by atoms with Gasteiger partial charge in [-0.05, 0) is 42.7 Å². The van der Waals surface area contributed by atoms with Crippen molar-refractivity contribution >= 4 is 40.2 Å². The molecule has 2 aromatic rings. The summed E-state index contributed by atoms with van der Waals surface area (Å²) in [5, 5.41) is 2.79. The van der Waals surface area contributed by atoms with Crippen molar-refractivity contribution in [1.82, 2.24) is 5.32 Å². The number of allylic oxidation sites excluding steroid dienone is 4. The van der Waals surface area contributed by atoms with E-state index in [0.29, 0.717) is 17.2 Å². The van der Waals surface area contributed by atoms with Gasteiger partial charge < -0.3 is 9.73 Å². The highest BCUT2D eigenvalue weighted by molar-refractivity contribution is 7.15. The van der Waals surface area contributed by atoms with Crippen molar-refractivity contribution in [3.8, 4) is 0 Å². The maximum Gasteiger partial charge on any atom is 0.238 e. The van der Waals surface area contributed by atoms with E-state index in [-0.39, 0.29) is 23.5 Å². The van der Waals surface area contributed by atoms with Gasteiger partial charge in [0.25, 0.3) is 0 Å². The zero-order valence-corrected chi connectivity index (χ0v) is 15.3. The lowest BCUT2D eigenvalue weighted by Crippen LogP contribution is -2.24. The van der Waals surface area contributed by atoms with Crippen LogP contribution in [0.15, 0.2) is 47.1 Å². The average molecular weight is 376 g/mol. The second-order valence-electron chi connectivity index (χ2n) is 5.67. The van der Waals surface area contributed by atoms with Crippen LogP contribution in [0.2, 0.25) is 0 Å². The fourth-order valence-corrected chi connectivity index (χ4v) is 3.95. The Kier molecular flexibility index (Phi) is 5.56. The smallest absolute Gasteiger partial charge is 0.238 e. The zero-order chi connectivity index (χ0) is 17.8. The Morgan fingerprint density at radius 1 is 1.44 bits per heavy atom. The van der Waals surface area contributed by atoms with Crippen molar-refractivity contribution in [3.63, 3.8) is 0 Å². The minimum absolute atomic E-state index is 0.0141. The molecule has 1 unspecified atom stereocenters. The van der Waals surface area contributed by atoms with Crippen LogP contribution in [0.5, 0.6) is 0 Å². The maximum atomic E-state index is 12.6. The van der Waals surface area contributed by atoms with E-state index < -0.39 is 0 Å². The van der Waals surface area contributed by atoms with Crippen LogP contribution in [0.3, 0.4) is 0 Å². The van der Waals surface area contributed by atoms with Gasteiger partial charge in [0.2, 0.25) is 11.7 Å². The molecular formula is C19H18ClNO3S. The normalized spacial score (nSPS) is 16.6. The number of ketones is 1. The fraction of sp³-hybridized carbons (Fsp3) is 0.263. The predicted molar refractivity (Wildman–Crippen MR) is 100 cm³/mol. The lowest BCUT2D eigenvalue weighted by atomic mass is 10.0. The molecule has 0 saturated carbocycles. The predicted octanol–water partition coefficient (Wildman–Crippen LogP) is 4.20. The van der Waals surface area contributed by atoms with E-state index in [1.54, 1.807) is 18.2 Å². The Hall–Kier alpha value is -2.11. The van der Waals surface area contributed by atoms with Crippen molar-refractivity contribution in [2.24, 2.45) is 0 Å². The number of carbonyl (C=O) groups excluding carboxylic acids is 2. The van der Waals surface area contributed by atoms with Gasteiger partial charge in [0.05, 0.1) is 22.9 Å². The zero-order valence-electron chi connectivity index (χ0n) is 13.8. The van der Waals surface area contributed by atoms with Crippen molar-refractivity contribution in [1.29, 1.82) is 0 Å². The first-order chi connectivity index (χ1) is 12.1. The third-order valence-electron chi connectivity index (χ3n) is 3.81. The minimum atomic E-state index is -0.172. The number of hydrogen-bond acceptors (Lipinski definition) is 4. The van der Waals surface area contributed by atoms with Crippen LogP contribution in [0, 0.1) is 0 Å². The van der Waals surface area contributed by atoms with Gasteiger partial charge in [-0.25, -0.2) is 0 Å². The second kappa shape index (κ2) is 7.85. The summed E-state index contributed by atoms with van der Waals surface area (Å²) in [6.45, 7) is 2.46. The summed E-state index contributed by atoms with van der Waals surface area (Å²) < 4.78 is 5.21. The summed E-state index contributed by atoms with van der Waals surface area (Å²) >= 11 is 7.48. The molecule has 0 spiro atoms. The molecule has 0 aliphatic heterocycles. The van der Waals surface area contributed by atoms with Crippen LogP contribution in [0.4, 0.5) is 0 Å². The van der Waals surface area contributed by atoms with Crippen LogP contribution in [0.25, 0.3) is 5.57 Å². The van der Waals surface area contributed by atoms with Gasteiger partial charge >= 0.3 is 0 Å². The van der Waals surface area contributed by atoms with E-state index in [4.69, 9.17) is 16.0 Å². The number of carbonyl (C=O) groups is 2. The molecule has 1 aliphatic carbocycles. The highest BCUT2D eigenvalue weighted by Crippen LogP contribution is 2.34. The Labute approximate surface area is 155 Å². The van der Waals surface area contributed by atoms with Crippen molar-refractivity contribution < 1.29 is 14.0 Å². The molecule has 1 N–H and O–H groups in total. The van der Waals surface area contributed by atoms with Gasteiger partial charge in [-0.3, -0.25) is 9.59 Å². The number of rotatable bonds is 6. The third-order valence-corrected chi connectivity index (χ3v) is 5.36. The molecule has 0 radical (unpaired) electrons. The summed E-state index contributed by atoms with van der Waals surface area (Å²) in [6.07, 6.45) is 8.38. The SMILES string of the molecule is CCNC(=O)Cc1cc(C(=O)c2ccco2)sc1C1=CCC(Cl)C=C1. The molecule has 130 valence electrons. The van der Waals surface area contributed by atoms with Gasteiger partial charge in [-0.2, -0.15) is 0 Å². The topological polar surface area (TPSA) is 59.3 Å². The van der Waals surface area contributed by atoms with Crippen LogP contribution < -0.4 is 5.32 Å². The molecule has 1 atom stereocenters. The van der Waals surface area contributed by atoms with Gasteiger partial charge in [0.15, 0.2) is 5.76 Å². The van der Waals surface area contributed by atoms with E-state index in [0.717, 1.165) is 22.4 Å². The van der Waals surface area contributed by atoms with Crippen LogP contribution in [-0.2, 0) is 11.2 Å². The molecule has 4 nitrogen and oxygen atoms in total. The molecule has 2 heterocycles. The standard InChI is InChI=1S/C19H18ClNO3S/c1-2-21-17(22)11-13-10-16(18(23)15-4-3-9-24-15)25-19(13)12-5-7-14(20)8-6-12/h3-7,9-10,14H,2,8,11H2,1H3,(H,21,22). The maximum absolute atomic E-state index is 12.6. The van der Waals surface area contributed by atoms with Gasteiger partial charge in [-0.1, -0.05) is 18.2 Å². The molecule has 0 aromatic carbocycles. The summed E-state index contributed by atoms with van der Waals surface area (Å²) in [6, 6.07) is 5.12. The van der Waals surface area contributed by atoms with Gasteiger partial charge in [-0.15, -0.1) is 22.9 Å². The van der Waals surface area contributed by atoms with Crippen molar-refractivity contribution in [2.45, 2.75) is 25.1 Å². The van der Waals surface area contributed by atoms with Crippen LogP contribution in [-0.4, -0.2) is 23.6 Å². The highest BCUT2D eigenvalue weighted by atomic mass is 35.5. The molecule has 1 amide bonds. The van der Waals surface area contributed by atoms with Crippen LogP contribution in [0.1, 0.15) is 39.2 Å². The van der Waals surface area contributed by atoms with E-state index >= 15 is 0 Å². The van der Waals surface area contributed by atoms with E-state index in [2.05, 4.69) is 5.32 Å². The first kappa shape index (κ1) is 17.7. The Morgan fingerprint density at radius 3 is 2.92 bits per heavy atom. The van der Waals surface area contributed by atoms with Crippen molar-refractivity contribution in [3.05, 3.63) is 63.8 Å². The molecule has 25 heavy (non-hydrogen) atoms. The Morgan fingerprint density at radius 2 is 2.28 bits per heavy atom. The summed E-state index contributed by atoms with van der Waals surface area (Å²) in [5.41, 5.74) is 1.84. The highest BCUT2D eigenvalue weighted by Gasteiger charge is 2.21. The average Bonchev–Trinajstić information content (AvgIpc) is 3.25. The first-order valence-corrected chi connectivity index (χ1v) is 9.34. The largest absolute Gasteiger partial charge is 0.461 e. The second-order valence-corrected chi connectivity index (χ2v) is 7.28. The Bertz CT molecular complexity index is 833. The number of amides is 1. The molecule has 0 fully saturated rings. The number of nitrogens with one attached hydrogen (secondary N) is 1. The molecule has 1 aliphatic rings. The summed E-state index contributed by atoms with van der Waals surface area (Å²) in [5.74, 6) is 0.0644. The van der Waals surface area contributed by atoms with E-state index in [1.807, 2.05) is 25.2 Å². The molecule has 3 rings (SSSR count). The lowest BCUT2D eigenvalue weighted by molar-refractivity contribution is -0.120. The summed E-state index contributed by atoms with van der Waals surface area (Å²) in [4.78, 5) is 26.1. The molecule has 2 aromatic heterocycles. The monoisotopic (exact) mass is 375 g/mol. The van der Waals surface area contributed by atoms with Gasteiger partial charge in [0, 0.05) is 11.4 Å². The molecule has 6 heteroatoms. The molecule has 0 bridgehead atoms. The number of hydrogen-bond donors (Lipinski definition) is 1.